The summed E-state index contributed by atoms with van der Waals surface area (Å²) in [6.07, 6.45) is -6.02. The Bertz CT molecular complexity index is 756. The SMILES string of the molecule is CC(=O)O[C@@H]1C(OCc2ccccc2)[C@@H](F)OC(CO)[C@@H]1OCc1ccccc1. The number of hydrogen-bond acceptors (Lipinski definition) is 6. The van der Waals surface area contributed by atoms with Gasteiger partial charge in [-0.3, -0.25) is 4.79 Å². The standard InChI is InChI=1S/C22H25FO6/c1-15(25)28-20-19(26-13-16-8-4-2-5-9-16)18(12-24)29-22(23)21(20)27-14-17-10-6-3-7-11-17/h2-11,18-22,24H,12-14H2,1H3/t18?,19-,20-,21?,22-/m0/s1. The molecule has 29 heavy (non-hydrogen) atoms. The van der Waals surface area contributed by atoms with Crippen LogP contribution < -0.4 is 0 Å². The summed E-state index contributed by atoms with van der Waals surface area (Å²) in [5.41, 5.74) is 1.72. The number of hydrogen-bond donors (Lipinski definition) is 1. The molecular weight excluding hydrogens is 379 g/mol. The molecule has 0 aliphatic carbocycles. The van der Waals surface area contributed by atoms with Crippen LogP contribution in [0.15, 0.2) is 60.7 Å². The predicted molar refractivity (Wildman–Crippen MR) is 102 cm³/mol. The topological polar surface area (TPSA) is 74.2 Å². The van der Waals surface area contributed by atoms with Crippen molar-refractivity contribution in [2.75, 3.05) is 6.61 Å². The summed E-state index contributed by atoms with van der Waals surface area (Å²) >= 11 is 0. The fourth-order valence-electron chi connectivity index (χ4n) is 3.25. The Morgan fingerprint density at radius 1 is 0.931 bits per heavy atom. The van der Waals surface area contributed by atoms with Crippen molar-refractivity contribution in [3.05, 3.63) is 71.8 Å². The molecule has 1 N–H and O–H groups in total. The van der Waals surface area contributed by atoms with Crippen LogP contribution in [0, 0.1) is 0 Å². The maximum Gasteiger partial charge on any atom is 0.303 e. The Morgan fingerprint density at radius 3 is 1.93 bits per heavy atom. The van der Waals surface area contributed by atoms with Crippen molar-refractivity contribution < 1.29 is 33.2 Å². The van der Waals surface area contributed by atoms with Crippen molar-refractivity contribution in [1.29, 1.82) is 0 Å². The van der Waals surface area contributed by atoms with E-state index < -0.39 is 43.3 Å². The Kier molecular flexibility index (Phi) is 7.71. The molecule has 2 unspecified atom stereocenters. The highest BCUT2D eigenvalue weighted by molar-refractivity contribution is 5.66. The lowest BCUT2D eigenvalue weighted by Gasteiger charge is -2.42. The average Bonchev–Trinajstić information content (AvgIpc) is 2.73. The molecule has 0 amide bonds. The van der Waals surface area contributed by atoms with Crippen LogP contribution >= 0.6 is 0 Å². The van der Waals surface area contributed by atoms with E-state index >= 15 is 0 Å². The molecule has 0 radical (unpaired) electrons. The van der Waals surface area contributed by atoms with Crippen LogP contribution in [-0.4, -0.2) is 48.5 Å². The molecule has 0 spiro atoms. The number of ether oxygens (including phenoxy) is 4. The minimum atomic E-state index is -1.88. The van der Waals surface area contributed by atoms with Crippen LogP contribution in [0.3, 0.4) is 0 Å². The largest absolute Gasteiger partial charge is 0.457 e. The van der Waals surface area contributed by atoms with E-state index in [2.05, 4.69) is 0 Å². The van der Waals surface area contributed by atoms with Crippen LogP contribution in [0.4, 0.5) is 4.39 Å². The van der Waals surface area contributed by atoms with Crippen molar-refractivity contribution in [3.8, 4) is 0 Å². The van der Waals surface area contributed by atoms with Crippen molar-refractivity contribution in [2.24, 2.45) is 0 Å². The fraction of sp³-hybridized carbons (Fsp3) is 0.409. The number of carbonyl (C=O) groups excluding carboxylic acids is 1. The third-order valence-electron chi connectivity index (χ3n) is 4.63. The zero-order chi connectivity index (χ0) is 20.6. The lowest BCUT2D eigenvalue weighted by atomic mass is 9.98. The van der Waals surface area contributed by atoms with Crippen molar-refractivity contribution in [1.82, 2.24) is 0 Å². The summed E-state index contributed by atoms with van der Waals surface area (Å²) in [6.45, 7) is 1.05. The number of carbonyl (C=O) groups is 1. The molecule has 1 saturated heterocycles. The van der Waals surface area contributed by atoms with Gasteiger partial charge in [-0.2, -0.15) is 0 Å². The lowest BCUT2D eigenvalue weighted by molar-refractivity contribution is -0.289. The van der Waals surface area contributed by atoms with E-state index in [1.54, 1.807) is 0 Å². The smallest absolute Gasteiger partial charge is 0.303 e. The van der Waals surface area contributed by atoms with Gasteiger partial charge in [-0.15, -0.1) is 0 Å². The van der Waals surface area contributed by atoms with E-state index in [-0.39, 0.29) is 13.2 Å². The second-order valence-corrected chi connectivity index (χ2v) is 6.80. The first-order valence-electron chi connectivity index (χ1n) is 9.47. The molecule has 2 aromatic rings. The predicted octanol–water partition coefficient (Wildman–Crippen LogP) is 2.78. The van der Waals surface area contributed by atoms with Crippen LogP contribution in [-0.2, 0) is 37.0 Å². The number of aliphatic hydroxyl groups is 1. The quantitative estimate of drug-likeness (QED) is 0.682. The molecule has 0 aromatic heterocycles. The maximum atomic E-state index is 14.7. The Hall–Kier alpha value is -2.32. The lowest BCUT2D eigenvalue weighted by Crippen LogP contribution is -2.60. The number of aliphatic hydroxyl groups excluding tert-OH is 1. The molecule has 3 rings (SSSR count). The third kappa shape index (κ3) is 5.83. The third-order valence-corrected chi connectivity index (χ3v) is 4.63. The summed E-state index contributed by atoms with van der Waals surface area (Å²) in [5.74, 6) is -0.595. The highest BCUT2D eigenvalue weighted by Crippen LogP contribution is 2.30. The zero-order valence-electron chi connectivity index (χ0n) is 16.1. The monoisotopic (exact) mass is 404 g/mol. The highest BCUT2D eigenvalue weighted by atomic mass is 19.1. The summed E-state index contributed by atoms with van der Waals surface area (Å²) in [4.78, 5) is 11.7. The molecule has 0 bridgehead atoms. The Balaban J connectivity index is 1.76. The molecule has 156 valence electrons. The van der Waals surface area contributed by atoms with Gasteiger partial charge in [0.1, 0.15) is 12.2 Å². The minimum Gasteiger partial charge on any atom is -0.457 e. The van der Waals surface area contributed by atoms with E-state index in [9.17, 15) is 14.3 Å². The molecular formula is C22H25FO6. The van der Waals surface area contributed by atoms with E-state index in [4.69, 9.17) is 18.9 Å². The average molecular weight is 404 g/mol. The van der Waals surface area contributed by atoms with Gasteiger partial charge in [-0.25, -0.2) is 4.39 Å². The number of esters is 1. The molecule has 1 heterocycles. The number of benzene rings is 2. The second-order valence-electron chi connectivity index (χ2n) is 6.80. The van der Waals surface area contributed by atoms with E-state index in [0.717, 1.165) is 11.1 Å². The van der Waals surface area contributed by atoms with Gasteiger partial charge in [0.05, 0.1) is 19.8 Å². The number of halogens is 1. The van der Waals surface area contributed by atoms with Gasteiger partial charge >= 0.3 is 5.97 Å². The fourth-order valence-corrected chi connectivity index (χ4v) is 3.25. The van der Waals surface area contributed by atoms with E-state index in [1.165, 1.54) is 6.92 Å². The van der Waals surface area contributed by atoms with Gasteiger partial charge in [-0.05, 0) is 11.1 Å². The molecule has 1 aliphatic heterocycles. The Morgan fingerprint density at radius 2 is 1.45 bits per heavy atom. The van der Waals surface area contributed by atoms with E-state index in [1.807, 2.05) is 60.7 Å². The zero-order valence-corrected chi connectivity index (χ0v) is 16.1. The van der Waals surface area contributed by atoms with Gasteiger partial charge in [0.15, 0.2) is 12.2 Å². The first-order valence-corrected chi connectivity index (χ1v) is 9.47. The van der Waals surface area contributed by atoms with Crippen LogP contribution in [0.1, 0.15) is 18.1 Å². The molecule has 0 saturated carbocycles. The van der Waals surface area contributed by atoms with Gasteiger partial charge in [-0.1, -0.05) is 60.7 Å². The highest BCUT2D eigenvalue weighted by Gasteiger charge is 2.49. The maximum absolute atomic E-state index is 14.7. The second kappa shape index (κ2) is 10.5. The summed E-state index contributed by atoms with van der Waals surface area (Å²) < 4.78 is 37.0. The summed E-state index contributed by atoms with van der Waals surface area (Å²) in [7, 11) is 0. The molecule has 2 aromatic carbocycles. The first-order chi connectivity index (χ1) is 14.1. The molecule has 6 nitrogen and oxygen atoms in total. The van der Waals surface area contributed by atoms with Gasteiger partial charge in [0, 0.05) is 6.92 Å². The van der Waals surface area contributed by atoms with Crippen LogP contribution in [0.2, 0.25) is 0 Å². The molecule has 7 heteroatoms. The van der Waals surface area contributed by atoms with Crippen molar-refractivity contribution in [2.45, 2.75) is 50.9 Å². The summed E-state index contributed by atoms with van der Waals surface area (Å²) in [5, 5.41) is 9.67. The van der Waals surface area contributed by atoms with Gasteiger partial charge < -0.3 is 24.1 Å². The normalized spacial score (nSPS) is 26.8. The number of alkyl halides is 1. The first kappa shape index (κ1) is 21.4. The van der Waals surface area contributed by atoms with Crippen molar-refractivity contribution in [3.63, 3.8) is 0 Å². The van der Waals surface area contributed by atoms with Crippen LogP contribution in [0.5, 0.6) is 0 Å². The van der Waals surface area contributed by atoms with Gasteiger partial charge in [0.25, 0.3) is 0 Å². The van der Waals surface area contributed by atoms with Crippen LogP contribution in [0.25, 0.3) is 0 Å². The minimum absolute atomic E-state index is 0.113. The van der Waals surface area contributed by atoms with Gasteiger partial charge in [0.2, 0.25) is 6.36 Å². The Labute approximate surface area is 169 Å². The van der Waals surface area contributed by atoms with Crippen molar-refractivity contribution >= 4 is 5.97 Å². The number of rotatable bonds is 8. The molecule has 1 fully saturated rings. The van der Waals surface area contributed by atoms with E-state index in [0.29, 0.717) is 0 Å². The molecule has 1 aliphatic rings. The summed E-state index contributed by atoms with van der Waals surface area (Å²) in [6, 6.07) is 18.6. The molecule has 5 atom stereocenters.